The number of anilines is 3. The van der Waals surface area contributed by atoms with Crippen molar-refractivity contribution in [2.45, 2.75) is 60.3 Å². The molecule has 33 heavy (non-hydrogen) atoms. The molecule has 0 heterocycles. The molecule has 2 rings (SSSR count). The van der Waals surface area contributed by atoms with Crippen LogP contribution >= 0.6 is 0 Å². The molecule has 1 unspecified atom stereocenters. The van der Waals surface area contributed by atoms with Crippen LogP contribution in [0, 0.1) is 18.8 Å². The van der Waals surface area contributed by atoms with E-state index in [1.54, 1.807) is 0 Å². The Morgan fingerprint density at radius 1 is 0.939 bits per heavy atom. The first kappa shape index (κ1) is 26.2. The Hall–Kier alpha value is -3.02. The van der Waals surface area contributed by atoms with Crippen LogP contribution in [0.25, 0.3) is 0 Å². The number of benzene rings is 2. The van der Waals surface area contributed by atoms with Gasteiger partial charge < -0.3 is 20.6 Å². The first-order valence-electron chi connectivity index (χ1n) is 11.8. The van der Waals surface area contributed by atoms with Crippen LogP contribution in [0.15, 0.2) is 42.5 Å². The Morgan fingerprint density at radius 3 is 2.06 bits per heavy atom. The molecule has 6 nitrogen and oxygen atoms in total. The van der Waals surface area contributed by atoms with E-state index in [-0.39, 0.29) is 18.4 Å². The van der Waals surface area contributed by atoms with E-state index < -0.39 is 5.97 Å². The number of aryl methyl sites for hydroxylation is 1. The molecule has 0 aliphatic heterocycles. The maximum Gasteiger partial charge on any atom is 0.323 e. The Bertz CT molecular complexity index is 913. The summed E-state index contributed by atoms with van der Waals surface area (Å²) in [6, 6.07) is 13.3. The molecule has 180 valence electrons. The van der Waals surface area contributed by atoms with E-state index in [0.717, 1.165) is 29.9 Å². The molecule has 1 atom stereocenters. The lowest BCUT2D eigenvalue weighted by atomic mass is 9.92. The fraction of sp³-hybridized carbons (Fsp3) is 0.481. The van der Waals surface area contributed by atoms with Crippen LogP contribution in [0.2, 0.25) is 0 Å². The molecule has 0 aliphatic rings. The van der Waals surface area contributed by atoms with E-state index >= 15 is 0 Å². The zero-order valence-corrected chi connectivity index (χ0v) is 20.8. The molecular formula is C27H39N3O3. The molecule has 0 saturated carbocycles. The summed E-state index contributed by atoms with van der Waals surface area (Å²) < 4.78 is 0. The predicted octanol–water partition coefficient (Wildman–Crippen LogP) is 6.73. The minimum absolute atomic E-state index is 0.0621. The maximum absolute atomic E-state index is 12.9. The molecule has 0 fully saturated rings. The molecule has 0 bridgehead atoms. The van der Waals surface area contributed by atoms with Crippen LogP contribution in [0.3, 0.4) is 0 Å². The van der Waals surface area contributed by atoms with Gasteiger partial charge in [0.05, 0.1) is 17.8 Å². The van der Waals surface area contributed by atoms with E-state index in [4.69, 9.17) is 0 Å². The van der Waals surface area contributed by atoms with Crippen molar-refractivity contribution < 1.29 is 14.7 Å². The topological polar surface area (TPSA) is 81.7 Å². The van der Waals surface area contributed by atoms with Gasteiger partial charge in [-0.25, -0.2) is 4.79 Å². The average Bonchev–Trinajstić information content (AvgIpc) is 2.72. The number of urea groups is 1. The van der Waals surface area contributed by atoms with Crippen LogP contribution in [0.1, 0.15) is 64.5 Å². The van der Waals surface area contributed by atoms with Crippen LogP contribution < -0.4 is 15.5 Å². The van der Waals surface area contributed by atoms with E-state index in [9.17, 15) is 14.7 Å². The van der Waals surface area contributed by atoms with Gasteiger partial charge in [0.2, 0.25) is 0 Å². The summed E-state index contributed by atoms with van der Waals surface area (Å²) in [7, 11) is 0. The number of amides is 2. The molecule has 0 aliphatic carbocycles. The summed E-state index contributed by atoms with van der Waals surface area (Å²) in [6.07, 6.45) is 0.773. The third-order valence-corrected chi connectivity index (χ3v) is 5.48. The van der Waals surface area contributed by atoms with Gasteiger partial charge in [0, 0.05) is 18.8 Å². The quantitative estimate of drug-likeness (QED) is 0.352. The summed E-state index contributed by atoms with van der Waals surface area (Å²) in [4.78, 5) is 26.5. The number of hydrogen-bond donors (Lipinski definition) is 3. The van der Waals surface area contributed by atoms with Gasteiger partial charge in [-0.05, 0) is 60.9 Å². The summed E-state index contributed by atoms with van der Waals surface area (Å²) in [5.41, 5.74) is 4.41. The summed E-state index contributed by atoms with van der Waals surface area (Å²) >= 11 is 0. The second kappa shape index (κ2) is 12.3. The lowest BCUT2D eigenvalue weighted by molar-refractivity contribution is -0.137. The van der Waals surface area contributed by atoms with Crippen LogP contribution in [-0.4, -0.2) is 30.2 Å². The van der Waals surface area contributed by atoms with Crippen molar-refractivity contribution in [3.05, 3.63) is 53.6 Å². The van der Waals surface area contributed by atoms with Gasteiger partial charge in [-0.1, -0.05) is 58.4 Å². The Morgan fingerprint density at radius 2 is 1.55 bits per heavy atom. The third kappa shape index (κ3) is 8.44. The molecule has 0 saturated heterocycles. The van der Waals surface area contributed by atoms with Crippen molar-refractivity contribution in [3.63, 3.8) is 0 Å². The first-order chi connectivity index (χ1) is 15.6. The standard InChI is InChI=1S/C27H39N3O3/c1-7-21(15-26(31)32)22-10-13-25(30(16-18(2)3)17-19(4)5)24(14-22)29-27(33)28-23-11-8-20(6)9-12-23/h8-14,18-19,21H,7,15-17H2,1-6H3,(H,31,32)(H2,28,29,33). The molecule has 2 aromatic rings. The average molecular weight is 454 g/mol. The Kier molecular flexibility index (Phi) is 9.76. The number of aliphatic carboxylic acids is 1. The summed E-state index contributed by atoms with van der Waals surface area (Å²) in [5.74, 6) is -0.0270. The zero-order valence-electron chi connectivity index (χ0n) is 20.8. The lowest BCUT2D eigenvalue weighted by Gasteiger charge is -2.31. The van der Waals surface area contributed by atoms with Gasteiger partial charge >= 0.3 is 12.0 Å². The highest BCUT2D eigenvalue weighted by Crippen LogP contribution is 2.33. The fourth-order valence-corrected chi connectivity index (χ4v) is 3.97. The van der Waals surface area contributed by atoms with Crippen molar-refractivity contribution in [2.24, 2.45) is 11.8 Å². The molecule has 0 aromatic heterocycles. The smallest absolute Gasteiger partial charge is 0.323 e. The fourth-order valence-electron chi connectivity index (χ4n) is 3.97. The minimum Gasteiger partial charge on any atom is -0.481 e. The summed E-state index contributed by atoms with van der Waals surface area (Å²) in [6.45, 7) is 14.4. The van der Waals surface area contributed by atoms with Gasteiger partial charge in [-0.2, -0.15) is 0 Å². The third-order valence-electron chi connectivity index (χ3n) is 5.48. The maximum atomic E-state index is 12.9. The van der Waals surface area contributed by atoms with Crippen molar-refractivity contribution in [2.75, 3.05) is 28.6 Å². The number of carboxylic acid groups (broad SMARTS) is 1. The van der Waals surface area contributed by atoms with Crippen molar-refractivity contribution in [1.82, 2.24) is 0 Å². The summed E-state index contributed by atoms with van der Waals surface area (Å²) in [5, 5.41) is 15.3. The second-order valence-electron chi connectivity index (χ2n) is 9.62. The molecule has 6 heteroatoms. The van der Waals surface area contributed by atoms with Gasteiger partial charge in [0.25, 0.3) is 0 Å². The lowest BCUT2D eigenvalue weighted by Crippen LogP contribution is -2.32. The van der Waals surface area contributed by atoms with Crippen molar-refractivity contribution >= 4 is 29.1 Å². The number of carbonyl (C=O) groups excluding carboxylic acids is 1. The SMILES string of the molecule is CCC(CC(=O)O)c1ccc(N(CC(C)C)CC(C)C)c(NC(=O)Nc2ccc(C)cc2)c1. The highest BCUT2D eigenvalue weighted by molar-refractivity contribution is 6.02. The molecule has 2 amide bonds. The normalized spacial score (nSPS) is 12.0. The highest BCUT2D eigenvalue weighted by atomic mass is 16.4. The van der Waals surface area contributed by atoms with E-state index in [1.165, 1.54) is 0 Å². The number of rotatable bonds is 11. The molecular weight excluding hydrogens is 414 g/mol. The van der Waals surface area contributed by atoms with Crippen LogP contribution in [0.5, 0.6) is 0 Å². The Balaban J connectivity index is 2.41. The highest BCUT2D eigenvalue weighted by Gasteiger charge is 2.20. The number of carbonyl (C=O) groups is 2. The van der Waals surface area contributed by atoms with Crippen molar-refractivity contribution in [1.29, 1.82) is 0 Å². The van der Waals surface area contributed by atoms with E-state index in [0.29, 0.717) is 29.6 Å². The monoisotopic (exact) mass is 453 g/mol. The van der Waals surface area contributed by atoms with Crippen LogP contribution in [-0.2, 0) is 4.79 Å². The van der Waals surface area contributed by atoms with E-state index in [2.05, 4.69) is 43.2 Å². The largest absolute Gasteiger partial charge is 0.481 e. The second-order valence-corrected chi connectivity index (χ2v) is 9.62. The molecule has 0 radical (unpaired) electrons. The number of hydrogen-bond acceptors (Lipinski definition) is 3. The molecule has 3 N–H and O–H groups in total. The number of nitrogens with zero attached hydrogens (tertiary/aromatic N) is 1. The van der Waals surface area contributed by atoms with Gasteiger partial charge in [0.15, 0.2) is 0 Å². The molecule has 0 spiro atoms. The zero-order chi connectivity index (χ0) is 24.5. The van der Waals surface area contributed by atoms with Crippen LogP contribution in [0.4, 0.5) is 21.9 Å². The number of carboxylic acids is 1. The minimum atomic E-state index is -0.821. The van der Waals surface area contributed by atoms with Crippen molar-refractivity contribution in [3.8, 4) is 0 Å². The van der Waals surface area contributed by atoms with Gasteiger partial charge in [-0.15, -0.1) is 0 Å². The Labute approximate surface area is 198 Å². The predicted molar refractivity (Wildman–Crippen MR) is 137 cm³/mol. The first-order valence-corrected chi connectivity index (χ1v) is 11.8. The number of nitrogens with one attached hydrogen (secondary N) is 2. The van der Waals surface area contributed by atoms with Gasteiger partial charge in [-0.3, -0.25) is 4.79 Å². The van der Waals surface area contributed by atoms with E-state index in [1.807, 2.05) is 56.3 Å². The van der Waals surface area contributed by atoms with Gasteiger partial charge in [0.1, 0.15) is 0 Å². The molecule has 2 aromatic carbocycles.